The number of imidazole rings is 1. The summed E-state index contributed by atoms with van der Waals surface area (Å²) >= 11 is 1.56. The van der Waals surface area contributed by atoms with Crippen LogP contribution in [-0.2, 0) is 11.2 Å². The summed E-state index contributed by atoms with van der Waals surface area (Å²) in [6.07, 6.45) is 10.5. The molecule has 3 aromatic rings. The molecule has 3 aliphatic rings. The number of carbonyl (C=O) groups excluding carboxylic acids is 1. The van der Waals surface area contributed by atoms with Crippen molar-refractivity contribution in [3.63, 3.8) is 0 Å². The number of nitrogens with zero attached hydrogens (tertiary/aromatic N) is 4. The molecular weight excluding hydrogens is 420 g/mol. The number of Topliss-reactive ketones (excluding diaryl/α,β-unsaturated/α-hetero) is 1. The Labute approximate surface area is 192 Å². The molecule has 5 atom stereocenters. The number of hydrogen-bond acceptors (Lipinski definition) is 6. The van der Waals surface area contributed by atoms with Crippen LogP contribution in [0.15, 0.2) is 35.9 Å². The monoisotopic (exact) mass is 448 g/mol. The molecular formula is C25H28N4O2S. The summed E-state index contributed by atoms with van der Waals surface area (Å²) in [5.74, 6) is 2.80. The molecule has 0 unspecified atom stereocenters. The summed E-state index contributed by atoms with van der Waals surface area (Å²) in [5, 5.41) is 0.863. The van der Waals surface area contributed by atoms with E-state index in [9.17, 15) is 4.79 Å². The van der Waals surface area contributed by atoms with Crippen molar-refractivity contribution in [2.24, 2.45) is 17.3 Å². The molecule has 32 heavy (non-hydrogen) atoms. The van der Waals surface area contributed by atoms with E-state index in [1.165, 1.54) is 11.1 Å². The van der Waals surface area contributed by atoms with Crippen LogP contribution >= 0.6 is 11.8 Å². The minimum absolute atomic E-state index is 0.185. The molecule has 7 heteroatoms. The third kappa shape index (κ3) is 2.73. The molecule has 6 rings (SSSR count). The van der Waals surface area contributed by atoms with Gasteiger partial charge in [-0.1, -0.05) is 13.0 Å². The second-order valence-corrected chi connectivity index (χ2v) is 10.6. The fourth-order valence-electron chi connectivity index (χ4n) is 6.92. The highest BCUT2D eigenvalue weighted by atomic mass is 32.2. The highest BCUT2D eigenvalue weighted by Crippen LogP contribution is 2.61. The highest BCUT2D eigenvalue weighted by Gasteiger charge is 2.58. The zero-order valence-corrected chi connectivity index (χ0v) is 19.6. The molecule has 0 saturated heterocycles. The van der Waals surface area contributed by atoms with E-state index in [0.717, 1.165) is 54.0 Å². The zero-order chi connectivity index (χ0) is 22.0. The summed E-state index contributed by atoms with van der Waals surface area (Å²) in [5.41, 5.74) is 4.22. The second-order valence-electron chi connectivity index (χ2n) is 9.76. The quantitative estimate of drug-likeness (QED) is 0.422. The second kappa shape index (κ2) is 7.30. The molecule has 6 nitrogen and oxygen atoms in total. The molecule has 2 aromatic heterocycles. The number of thioether (sulfide) groups is 1. The number of ether oxygens (including phenoxy) is 1. The summed E-state index contributed by atoms with van der Waals surface area (Å²) in [4.78, 5) is 27.3. The van der Waals surface area contributed by atoms with E-state index in [0.29, 0.717) is 23.5 Å². The third-order valence-electron chi connectivity index (χ3n) is 8.52. The zero-order valence-electron chi connectivity index (χ0n) is 18.7. The maximum Gasteiger partial charge on any atom is 0.165 e. The number of fused-ring (bicyclic) bond motifs is 6. The number of carbonyl (C=O) groups is 1. The number of hydrogen-bond donors (Lipinski definition) is 0. The van der Waals surface area contributed by atoms with Crippen LogP contribution in [0.3, 0.4) is 0 Å². The van der Waals surface area contributed by atoms with Crippen molar-refractivity contribution in [3.05, 3.63) is 42.0 Å². The van der Waals surface area contributed by atoms with E-state index in [1.54, 1.807) is 25.2 Å². The molecule has 166 valence electrons. The van der Waals surface area contributed by atoms with Gasteiger partial charge in [0.2, 0.25) is 0 Å². The van der Waals surface area contributed by atoms with Crippen LogP contribution in [0, 0.1) is 17.3 Å². The van der Waals surface area contributed by atoms with Gasteiger partial charge in [0, 0.05) is 5.41 Å². The Kier molecular flexibility index (Phi) is 4.61. The van der Waals surface area contributed by atoms with Gasteiger partial charge in [-0.15, -0.1) is 11.8 Å². The summed E-state index contributed by atoms with van der Waals surface area (Å²) in [6, 6.07) is 6.39. The molecule has 0 N–H and O–H groups in total. The van der Waals surface area contributed by atoms with Gasteiger partial charge in [-0.05, 0) is 79.4 Å². The van der Waals surface area contributed by atoms with Gasteiger partial charge in [0.15, 0.2) is 11.4 Å². The van der Waals surface area contributed by atoms with Crippen molar-refractivity contribution in [2.45, 2.75) is 56.0 Å². The summed E-state index contributed by atoms with van der Waals surface area (Å²) in [7, 11) is 1.73. The fraction of sp³-hybridized carbons (Fsp3) is 0.520. The van der Waals surface area contributed by atoms with E-state index in [1.807, 2.05) is 17.2 Å². The van der Waals surface area contributed by atoms with E-state index < -0.39 is 0 Å². The summed E-state index contributed by atoms with van der Waals surface area (Å²) < 4.78 is 7.48. The van der Waals surface area contributed by atoms with E-state index in [2.05, 4.69) is 40.1 Å². The van der Waals surface area contributed by atoms with Gasteiger partial charge in [0.05, 0.1) is 19.5 Å². The molecule has 0 radical (unpaired) electrons. The predicted molar refractivity (Wildman–Crippen MR) is 124 cm³/mol. The normalized spacial score (nSPS) is 31.3. The molecule has 1 aromatic carbocycles. The van der Waals surface area contributed by atoms with Gasteiger partial charge in [-0.3, -0.25) is 4.79 Å². The van der Waals surface area contributed by atoms with E-state index in [4.69, 9.17) is 4.74 Å². The maximum atomic E-state index is 13.8. The van der Waals surface area contributed by atoms with E-state index in [-0.39, 0.29) is 11.5 Å². The summed E-state index contributed by atoms with van der Waals surface area (Å²) in [6.45, 7) is 2.22. The number of benzene rings is 1. The first kappa shape index (κ1) is 20.2. The van der Waals surface area contributed by atoms with Gasteiger partial charge in [-0.25, -0.2) is 15.0 Å². The first-order valence-electron chi connectivity index (χ1n) is 11.5. The van der Waals surface area contributed by atoms with Crippen molar-refractivity contribution in [1.29, 1.82) is 0 Å². The predicted octanol–water partition coefficient (Wildman–Crippen LogP) is 4.83. The Balaban J connectivity index is 1.36. The number of aryl methyl sites for hydroxylation is 1. The largest absolute Gasteiger partial charge is 0.497 e. The number of methoxy groups -OCH3 is 1. The molecule has 2 saturated carbocycles. The average Bonchev–Trinajstić information content (AvgIpc) is 3.37. The van der Waals surface area contributed by atoms with Crippen molar-refractivity contribution in [1.82, 2.24) is 19.5 Å². The smallest absolute Gasteiger partial charge is 0.165 e. The Morgan fingerprint density at radius 2 is 2.09 bits per heavy atom. The van der Waals surface area contributed by atoms with Crippen LogP contribution in [0.4, 0.5) is 0 Å². The standard InChI is InChI=1S/C25H28N4O2S/c1-25-9-8-17-16-7-5-15(31-2)10-14(16)4-6-18(17)19(25)11-20(22(25)30)29-13-28-21-23(29)26-12-27-24(21)32-3/h5,7,10,12-13,17-20H,4,6,8-9,11H2,1-3H3/t17-,18+,19+,20+,25-/m1/s1. The Morgan fingerprint density at radius 1 is 1.22 bits per heavy atom. The third-order valence-corrected chi connectivity index (χ3v) is 9.21. The van der Waals surface area contributed by atoms with Crippen LogP contribution in [0.5, 0.6) is 5.75 Å². The lowest BCUT2D eigenvalue weighted by atomic mass is 9.55. The first-order chi connectivity index (χ1) is 15.5. The Bertz CT molecular complexity index is 1220. The van der Waals surface area contributed by atoms with Crippen molar-refractivity contribution < 1.29 is 9.53 Å². The van der Waals surface area contributed by atoms with Crippen molar-refractivity contribution in [2.75, 3.05) is 13.4 Å². The highest BCUT2D eigenvalue weighted by molar-refractivity contribution is 7.98. The van der Waals surface area contributed by atoms with Crippen molar-refractivity contribution >= 4 is 28.7 Å². The lowest BCUT2D eigenvalue weighted by Crippen LogP contribution is -2.42. The molecule has 0 amide bonds. The van der Waals surface area contributed by atoms with Gasteiger partial charge in [-0.2, -0.15) is 0 Å². The molecule has 0 spiro atoms. The van der Waals surface area contributed by atoms with Crippen LogP contribution in [0.2, 0.25) is 0 Å². The average molecular weight is 449 g/mol. The van der Waals surface area contributed by atoms with Gasteiger partial charge in [0.1, 0.15) is 22.6 Å². The number of ketones is 1. The number of aromatic nitrogens is 4. The molecule has 0 aliphatic heterocycles. The van der Waals surface area contributed by atoms with Gasteiger partial charge >= 0.3 is 0 Å². The molecule has 2 fully saturated rings. The maximum absolute atomic E-state index is 13.8. The lowest BCUT2D eigenvalue weighted by Gasteiger charge is -2.48. The van der Waals surface area contributed by atoms with Gasteiger partial charge < -0.3 is 9.30 Å². The molecule has 3 aliphatic carbocycles. The SMILES string of the molecule is COc1ccc2c(c1)CC[C@H]1[C@@H]2CC[C@@]2(C)C(=O)[C@@H](n3cnc4c(SC)ncnc43)C[C@@H]12. The molecule has 2 heterocycles. The minimum atomic E-state index is -0.262. The fourth-order valence-corrected chi connectivity index (χ4v) is 7.41. The van der Waals surface area contributed by atoms with Crippen molar-refractivity contribution in [3.8, 4) is 5.75 Å². The molecule has 0 bridgehead atoms. The van der Waals surface area contributed by atoms with Crippen LogP contribution < -0.4 is 4.74 Å². The Hall–Kier alpha value is -2.41. The number of rotatable bonds is 3. The van der Waals surface area contributed by atoms with Gasteiger partial charge in [0.25, 0.3) is 0 Å². The lowest BCUT2D eigenvalue weighted by molar-refractivity contribution is -0.131. The first-order valence-corrected chi connectivity index (χ1v) is 12.7. The topological polar surface area (TPSA) is 69.9 Å². The minimum Gasteiger partial charge on any atom is -0.497 e. The van der Waals surface area contributed by atoms with E-state index >= 15 is 0 Å². The van der Waals surface area contributed by atoms with Crippen LogP contribution in [0.25, 0.3) is 11.2 Å². The van der Waals surface area contributed by atoms with Crippen LogP contribution in [0.1, 0.15) is 55.7 Å². The van der Waals surface area contributed by atoms with Crippen LogP contribution in [-0.4, -0.2) is 38.7 Å². The Morgan fingerprint density at radius 3 is 2.91 bits per heavy atom.